The zero-order valence-corrected chi connectivity index (χ0v) is 14.9. The first kappa shape index (κ1) is 16.9. The van der Waals surface area contributed by atoms with E-state index in [1.807, 2.05) is 9.80 Å². The minimum atomic E-state index is -0.132. The third-order valence-corrected chi connectivity index (χ3v) is 5.98. The SMILES string of the molecule is N#Cc1cccc(NC(=O)N2C[C@H]3CC[C@@H]2CN(C(=O)C2CCC2)C3)c1. The van der Waals surface area contributed by atoms with Gasteiger partial charge in [0.05, 0.1) is 17.7 Å². The summed E-state index contributed by atoms with van der Waals surface area (Å²) in [5.41, 5.74) is 1.16. The predicted molar refractivity (Wildman–Crippen MR) is 97.3 cm³/mol. The van der Waals surface area contributed by atoms with E-state index < -0.39 is 0 Å². The minimum Gasteiger partial charge on any atom is -0.340 e. The molecule has 2 atom stereocenters. The van der Waals surface area contributed by atoms with Crippen molar-refractivity contribution in [3.63, 3.8) is 0 Å². The molecule has 6 heteroatoms. The van der Waals surface area contributed by atoms with E-state index in [0.29, 0.717) is 30.3 Å². The highest BCUT2D eigenvalue weighted by Crippen LogP contribution is 2.33. The molecule has 3 heterocycles. The molecule has 4 fully saturated rings. The highest BCUT2D eigenvalue weighted by Gasteiger charge is 2.40. The van der Waals surface area contributed by atoms with Crippen LogP contribution in [-0.2, 0) is 4.79 Å². The van der Waals surface area contributed by atoms with Crippen LogP contribution >= 0.6 is 0 Å². The van der Waals surface area contributed by atoms with Crippen molar-refractivity contribution >= 4 is 17.6 Å². The van der Waals surface area contributed by atoms with Crippen LogP contribution < -0.4 is 5.32 Å². The highest BCUT2D eigenvalue weighted by molar-refractivity contribution is 5.90. The number of benzene rings is 1. The van der Waals surface area contributed by atoms with E-state index in [-0.39, 0.29) is 23.9 Å². The summed E-state index contributed by atoms with van der Waals surface area (Å²) in [6, 6.07) is 8.99. The fraction of sp³-hybridized carbons (Fsp3) is 0.550. The zero-order chi connectivity index (χ0) is 18.1. The number of carbonyl (C=O) groups is 2. The molecule has 1 aromatic carbocycles. The van der Waals surface area contributed by atoms with Crippen LogP contribution in [0.5, 0.6) is 0 Å². The summed E-state index contributed by atoms with van der Waals surface area (Å²) in [4.78, 5) is 29.4. The number of nitrogens with zero attached hydrogens (tertiary/aromatic N) is 3. The van der Waals surface area contributed by atoms with Gasteiger partial charge in [-0.2, -0.15) is 5.26 Å². The maximum absolute atomic E-state index is 12.8. The molecule has 3 saturated heterocycles. The number of anilines is 1. The van der Waals surface area contributed by atoms with E-state index in [1.165, 1.54) is 0 Å². The molecule has 0 unspecified atom stereocenters. The number of nitrogens with one attached hydrogen (secondary N) is 1. The summed E-state index contributed by atoms with van der Waals surface area (Å²) < 4.78 is 0. The van der Waals surface area contributed by atoms with Crippen molar-refractivity contribution in [1.29, 1.82) is 5.26 Å². The molecular weight excluding hydrogens is 328 g/mol. The number of piperidine rings is 1. The highest BCUT2D eigenvalue weighted by atomic mass is 16.2. The maximum atomic E-state index is 12.8. The first-order valence-corrected chi connectivity index (χ1v) is 9.50. The van der Waals surface area contributed by atoms with Crippen molar-refractivity contribution in [2.75, 3.05) is 25.0 Å². The molecule has 0 spiro atoms. The Labute approximate surface area is 153 Å². The average Bonchev–Trinajstić information content (AvgIpc) is 2.92. The first-order chi connectivity index (χ1) is 12.6. The van der Waals surface area contributed by atoms with E-state index in [0.717, 1.165) is 38.6 Å². The van der Waals surface area contributed by atoms with E-state index in [9.17, 15) is 9.59 Å². The monoisotopic (exact) mass is 352 g/mol. The molecule has 1 N–H and O–H groups in total. The molecule has 26 heavy (non-hydrogen) atoms. The van der Waals surface area contributed by atoms with Crippen molar-refractivity contribution < 1.29 is 9.59 Å². The molecule has 2 bridgehead atoms. The summed E-state index contributed by atoms with van der Waals surface area (Å²) in [6.07, 6.45) is 5.22. The molecular formula is C20H24N4O2. The number of fused-ring (bicyclic) bond motifs is 4. The van der Waals surface area contributed by atoms with E-state index in [2.05, 4.69) is 11.4 Å². The van der Waals surface area contributed by atoms with Gasteiger partial charge in [0, 0.05) is 31.2 Å². The van der Waals surface area contributed by atoms with Gasteiger partial charge in [-0.3, -0.25) is 4.79 Å². The number of carbonyl (C=O) groups excluding carboxylic acids is 2. The maximum Gasteiger partial charge on any atom is 0.322 e. The molecule has 3 aliphatic heterocycles. The number of nitriles is 1. The lowest BCUT2D eigenvalue weighted by Crippen LogP contribution is -2.49. The van der Waals surface area contributed by atoms with Crippen LogP contribution in [0, 0.1) is 23.2 Å². The van der Waals surface area contributed by atoms with Crippen LogP contribution in [0.25, 0.3) is 0 Å². The van der Waals surface area contributed by atoms with Gasteiger partial charge in [-0.25, -0.2) is 4.79 Å². The predicted octanol–water partition coefficient (Wildman–Crippen LogP) is 2.81. The molecule has 1 aromatic rings. The van der Waals surface area contributed by atoms with Gasteiger partial charge in [-0.05, 0) is 49.8 Å². The summed E-state index contributed by atoms with van der Waals surface area (Å²) in [7, 11) is 0. The minimum absolute atomic E-state index is 0.0805. The van der Waals surface area contributed by atoms with Gasteiger partial charge in [-0.15, -0.1) is 0 Å². The van der Waals surface area contributed by atoms with Crippen LogP contribution in [0.4, 0.5) is 10.5 Å². The van der Waals surface area contributed by atoms with Gasteiger partial charge in [-0.1, -0.05) is 12.5 Å². The fourth-order valence-corrected chi connectivity index (χ4v) is 4.29. The Kier molecular flexibility index (Phi) is 4.54. The molecule has 3 amide bonds. The second-order valence-corrected chi connectivity index (χ2v) is 7.74. The molecule has 5 rings (SSSR count). The van der Waals surface area contributed by atoms with Gasteiger partial charge in [0.2, 0.25) is 5.91 Å². The van der Waals surface area contributed by atoms with Gasteiger partial charge in [0.1, 0.15) is 0 Å². The van der Waals surface area contributed by atoms with Gasteiger partial charge in [0.25, 0.3) is 0 Å². The van der Waals surface area contributed by atoms with Crippen LogP contribution in [0.3, 0.4) is 0 Å². The lowest BCUT2D eigenvalue weighted by molar-refractivity contribution is -0.138. The summed E-state index contributed by atoms with van der Waals surface area (Å²) in [6.45, 7) is 2.12. The quantitative estimate of drug-likeness (QED) is 0.889. The molecule has 0 radical (unpaired) electrons. The Morgan fingerprint density at radius 2 is 1.96 bits per heavy atom. The normalized spacial score (nSPS) is 25.2. The third kappa shape index (κ3) is 3.26. The van der Waals surface area contributed by atoms with E-state index in [4.69, 9.17) is 5.26 Å². The lowest BCUT2D eigenvalue weighted by atomic mass is 9.84. The molecule has 1 saturated carbocycles. The fourth-order valence-electron chi connectivity index (χ4n) is 4.29. The third-order valence-electron chi connectivity index (χ3n) is 5.98. The Morgan fingerprint density at radius 3 is 2.69 bits per heavy atom. The second kappa shape index (κ2) is 6.99. The summed E-state index contributed by atoms with van der Waals surface area (Å²) in [5, 5.41) is 11.9. The van der Waals surface area contributed by atoms with Gasteiger partial charge >= 0.3 is 6.03 Å². The zero-order valence-electron chi connectivity index (χ0n) is 14.9. The second-order valence-electron chi connectivity index (χ2n) is 7.74. The Hall–Kier alpha value is -2.55. The smallest absolute Gasteiger partial charge is 0.322 e. The van der Waals surface area contributed by atoms with Gasteiger partial charge in [0.15, 0.2) is 0 Å². The van der Waals surface area contributed by atoms with Crippen molar-refractivity contribution in [1.82, 2.24) is 9.80 Å². The van der Waals surface area contributed by atoms with Crippen LogP contribution in [0.15, 0.2) is 24.3 Å². The van der Waals surface area contributed by atoms with Crippen LogP contribution in [-0.4, -0.2) is 47.4 Å². The largest absolute Gasteiger partial charge is 0.340 e. The lowest BCUT2D eigenvalue weighted by Gasteiger charge is -2.36. The van der Waals surface area contributed by atoms with Crippen LogP contribution in [0.2, 0.25) is 0 Å². The number of urea groups is 1. The van der Waals surface area contributed by atoms with Crippen molar-refractivity contribution in [3.8, 4) is 6.07 Å². The Bertz CT molecular complexity index is 752. The molecule has 1 aliphatic carbocycles. The standard InChI is InChI=1S/C20H24N4O2/c21-10-14-3-1-6-17(9-14)22-20(26)24-12-15-7-8-18(24)13-23(11-15)19(25)16-4-2-5-16/h1,3,6,9,15-16,18H,2,4-5,7-8,11-13H2,(H,22,26)/t15-,18+/m0/s1. The number of rotatable bonds is 2. The van der Waals surface area contributed by atoms with Gasteiger partial charge < -0.3 is 15.1 Å². The summed E-state index contributed by atoms with van der Waals surface area (Å²) in [5.74, 6) is 0.856. The van der Waals surface area contributed by atoms with Crippen molar-refractivity contribution in [2.24, 2.45) is 11.8 Å². The number of hydrogen-bond donors (Lipinski definition) is 1. The molecule has 6 nitrogen and oxygen atoms in total. The first-order valence-electron chi connectivity index (χ1n) is 9.50. The topological polar surface area (TPSA) is 76.4 Å². The van der Waals surface area contributed by atoms with Crippen molar-refractivity contribution in [2.45, 2.75) is 38.1 Å². The van der Waals surface area contributed by atoms with Crippen molar-refractivity contribution in [3.05, 3.63) is 29.8 Å². The Morgan fingerprint density at radius 1 is 1.12 bits per heavy atom. The Balaban J connectivity index is 1.45. The molecule has 4 aliphatic rings. The summed E-state index contributed by atoms with van der Waals surface area (Å²) >= 11 is 0. The van der Waals surface area contributed by atoms with E-state index in [1.54, 1.807) is 24.3 Å². The molecule has 0 aromatic heterocycles. The van der Waals surface area contributed by atoms with E-state index >= 15 is 0 Å². The number of amides is 3. The number of hydrogen-bond acceptors (Lipinski definition) is 3. The molecule has 136 valence electrons. The average molecular weight is 352 g/mol. The van der Waals surface area contributed by atoms with Crippen LogP contribution in [0.1, 0.15) is 37.7 Å².